The molecule has 0 bridgehead atoms. The molecule has 146 valence electrons. The number of alkyl halides is 6. The molecular formula is C15H16F6N2O3. The van der Waals surface area contributed by atoms with Crippen molar-refractivity contribution < 1.29 is 40.7 Å². The average molecular weight is 386 g/mol. The van der Waals surface area contributed by atoms with Crippen LogP contribution in [-0.2, 0) is 27.0 Å². The highest BCUT2D eigenvalue weighted by molar-refractivity contribution is 5.87. The van der Waals surface area contributed by atoms with Crippen LogP contribution < -0.4 is 10.6 Å². The second kappa shape index (κ2) is 7.94. The summed E-state index contributed by atoms with van der Waals surface area (Å²) in [4.78, 5) is 23.1. The van der Waals surface area contributed by atoms with Gasteiger partial charge in [-0.2, -0.15) is 26.3 Å². The number of hydrogen-bond donors (Lipinski definition) is 2. The number of ether oxygens (including phenoxy) is 1. The number of carbonyl (C=O) groups is 2. The van der Waals surface area contributed by atoms with Crippen LogP contribution in [0.4, 0.5) is 26.3 Å². The van der Waals surface area contributed by atoms with E-state index in [9.17, 15) is 35.9 Å². The Hall–Kier alpha value is -2.30. The molecule has 5 nitrogen and oxygen atoms in total. The molecule has 0 spiro atoms. The minimum atomic E-state index is -5.31. The molecular weight excluding hydrogens is 370 g/mol. The fraction of sp³-hybridized carbons (Fsp3) is 0.467. The lowest BCUT2D eigenvalue weighted by atomic mass is 10.1. The number of hydrogen-bond acceptors (Lipinski definition) is 4. The molecule has 11 heteroatoms. The van der Waals surface area contributed by atoms with Crippen LogP contribution in [0.2, 0.25) is 0 Å². The van der Waals surface area contributed by atoms with Crippen LogP contribution in [0.1, 0.15) is 25.0 Å². The second-order valence-corrected chi connectivity index (χ2v) is 5.20. The molecule has 0 aromatic heterocycles. The van der Waals surface area contributed by atoms with E-state index in [2.05, 4.69) is 4.74 Å². The Morgan fingerprint density at radius 2 is 1.73 bits per heavy atom. The lowest BCUT2D eigenvalue weighted by Gasteiger charge is -2.34. The van der Waals surface area contributed by atoms with Crippen molar-refractivity contribution in [2.24, 2.45) is 0 Å². The zero-order valence-corrected chi connectivity index (χ0v) is 13.7. The van der Waals surface area contributed by atoms with Crippen molar-refractivity contribution in [3.05, 3.63) is 35.4 Å². The van der Waals surface area contributed by atoms with Gasteiger partial charge in [-0.1, -0.05) is 18.2 Å². The van der Waals surface area contributed by atoms with Crippen LogP contribution in [0.5, 0.6) is 0 Å². The van der Waals surface area contributed by atoms with Crippen molar-refractivity contribution in [1.82, 2.24) is 10.6 Å². The Kier molecular flexibility index (Phi) is 6.64. The smallest absolute Gasteiger partial charge is 0.436 e. The zero-order chi connectivity index (χ0) is 20.2. The quantitative estimate of drug-likeness (QED) is 0.448. The highest BCUT2D eigenvalue weighted by Crippen LogP contribution is 2.32. The van der Waals surface area contributed by atoms with E-state index in [1.165, 1.54) is 12.2 Å². The highest BCUT2D eigenvalue weighted by Gasteiger charge is 2.62. The summed E-state index contributed by atoms with van der Waals surface area (Å²) in [6.45, 7) is 0.829. The molecule has 26 heavy (non-hydrogen) atoms. The van der Waals surface area contributed by atoms with E-state index >= 15 is 0 Å². The molecule has 1 aromatic rings. The number of nitrogens with one attached hydrogen (secondary N) is 2. The van der Waals surface area contributed by atoms with Gasteiger partial charge in [0.1, 0.15) is 0 Å². The van der Waals surface area contributed by atoms with Crippen LogP contribution >= 0.6 is 0 Å². The maximum Gasteiger partial charge on any atom is 0.436 e. The number of amides is 1. The van der Waals surface area contributed by atoms with Crippen molar-refractivity contribution in [2.45, 2.75) is 38.4 Å². The Bertz CT molecular complexity index is 660. The number of carbonyl (C=O) groups excluding carboxylic acids is 2. The normalized spacial score (nSPS) is 14.5. The molecule has 0 radical (unpaired) electrons. The van der Waals surface area contributed by atoms with Crippen molar-refractivity contribution in [3.8, 4) is 0 Å². The Labute approximate surface area is 144 Å². The molecule has 0 heterocycles. The molecule has 1 atom stereocenters. The van der Waals surface area contributed by atoms with E-state index in [0.29, 0.717) is 6.07 Å². The molecule has 0 aliphatic carbocycles. The summed E-state index contributed by atoms with van der Waals surface area (Å²) in [5.41, 5.74) is -4.84. The van der Waals surface area contributed by atoms with E-state index in [4.69, 9.17) is 0 Å². The first kappa shape index (κ1) is 21.7. The predicted molar refractivity (Wildman–Crippen MR) is 77.5 cm³/mol. The third-order valence-electron chi connectivity index (χ3n) is 3.18. The molecule has 2 N–H and O–H groups in total. The summed E-state index contributed by atoms with van der Waals surface area (Å²) < 4.78 is 83.1. The van der Waals surface area contributed by atoms with Gasteiger partial charge in [-0.25, -0.2) is 4.79 Å². The third kappa shape index (κ3) is 5.10. The van der Waals surface area contributed by atoms with Gasteiger partial charge in [0.25, 0.3) is 5.66 Å². The molecule has 0 aliphatic heterocycles. The van der Waals surface area contributed by atoms with Crippen molar-refractivity contribution in [1.29, 1.82) is 0 Å². The van der Waals surface area contributed by atoms with Gasteiger partial charge in [-0.05, 0) is 18.6 Å². The predicted octanol–water partition coefficient (Wildman–Crippen LogP) is 2.75. The van der Waals surface area contributed by atoms with E-state index in [1.807, 2.05) is 0 Å². The minimum Gasteiger partial charge on any atom is -0.463 e. The second-order valence-electron chi connectivity index (χ2n) is 5.20. The van der Waals surface area contributed by atoms with Gasteiger partial charge in [-0.3, -0.25) is 10.1 Å². The summed E-state index contributed by atoms with van der Waals surface area (Å²) in [6, 6.07) is 3.53. The molecule has 0 aliphatic rings. The minimum absolute atomic E-state index is 0.178. The van der Waals surface area contributed by atoms with Crippen molar-refractivity contribution in [3.63, 3.8) is 0 Å². The Balaban J connectivity index is 3.21. The zero-order valence-electron chi connectivity index (χ0n) is 13.7. The van der Waals surface area contributed by atoms with E-state index < -0.39 is 48.6 Å². The summed E-state index contributed by atoms with van der Waals surface area (Å²) in [5, 5.41) is 3.25. The van der Waals surface area contributed by atoms with E-state index in [-0.39, 0.29) is 5.56 Å². The lowest BCUT2D eigenvalue weighted by Crippen LogP contribution is -2.72. The van der Waals surface area contributed by atoms with Crippen LogP contribution in [0.15, 0.2) is 24.3 Å². The third-order valence-corrected chi connectivity index (χ3v) is 3.18. The van der Waals surface area contributed by atoms with Gasteiger partial charge in [0.15, 0.2) is 0 Å². The van der Waals surface area contributed by atoms with Gasteiger partial charge >= 0.3 is 18.3 Å². The first-order valence-corrected chi connectivity index (χ1v) is 7.27. The average Bonchev–Trinajstić information content (AvgIpc) is 2.49. The van der Waals surface area contributed by atoms with Gasteiger partial charge < -0.3 is 10.1 Å². The number of benzene rings is 1. The van der Waals surface area contributed by atoms with Crippen LogP contribution in [-0.4, -0.2) is 30.3 Å². The molecule has 0 fully saturated rings. The summed E-state index contributed by atoms with van der Waals surface area (Å²) in [6.07, 6.45) is -10.00. The molecule has 0 saturated heterocycles. The standard InChI is InChI=1S/C15H16F6N2O3/c1-3-26-12(25)13(15(19,20)21,23-9(2)24)22-8-10-5-4-6-11(7-10)14(16,17)18/h4-7,22H,3,8H2,1-2H3,(H,23,24). The van der Waals surface area contributed by atoms with Gasteiger partial charge in [0.05, 0.1) is 12.2 Å². The van der Waals surface area contributed by atoms with Gasteiger partial charge in [-0.15, -0.1) is 0 Å². The van der Waals surface area contributed by atoms with E-state index in [0.717, 1.165) is 25.1 Å². The fourth-order valence-electron chi connectivity index (χ4n) is 2.05. The molecule has 0 saturated carbocycles. The lowest BCUT2D eigenvalue weighted by molar-refractivity contribution is -0.222. The molecule has 1 unspecified atom stereocenters. The molecule has 1 amide bonds. The summed E-state index contributed by atoms with van der Waals surface area (Å²) in [7, 11) is 0. The Morgan fingerprint density at radius 3 is 2.19 bits per heavy atom. The Morgan fingerprint density at radius 1 is 1.12 bits per heavy atom. The summed E-state index contributed by atoms with van der Waals surface area (Å²) >= 11 is 0. The summed E-state index contributed by atoms with van der Waals surface area (Å²) in [5.74, 6) is -3.01. The number of esters is 1. The van der Waals surface area contributed by atoms with Crippen LogP contribution in [0.25, 0.3) is 0 Å². The van der Waals surface area contributed by atoms with E-state index in [1.54, 1.807) is 5.32 Å². The van der Waals surface area contributed by atoms with Crippen molar-refractivity contribution >= 4 is 11.9 Å². The number of rotatable bonds is 6. The molecule has 1 aromatic carbocycles. The maximum absolute atomic E-state index is 13.5. The highest BCUT2D eigenvalue weighted by atomic mass is 19.4. The SMILES string of the molecule is CCOC(=O)C(NCc1cccc(C(F)(F)F)c1)(NC(C)=O)C(F)(F)F. The van der Waals surface area contributed by atoms with Gasteiger partial charge in [0.2, 0.25) is 5.91 Å². The monoisotopic (exact) mass is 386 g/mol. The van der Waals surface area contributed by atoms with Crippen LogP contribution in [0.3, 0.4) is 0 Å². The van der Waals surface area contributed by atoms with Crippen molar-refractivity contribution in [2.75, 3.05) is 6.61 Å². The topological polar surface area (TPSA) is 67.4 Å². The van der Waals surface area contributed by atoms with Gasteiger partial charge in [0, 0.05) is 13.5 Å². The van der Waals surface area contributed by atoms with Crippen LogP contribution in [0, 0.1) is 0 Å². The largest absolute Gasteiger partial charge is 0.463 e. The first-order chi connectivity index (χ1) is 11.8. The molecule has 1 rings (SSSR count). The maximum atomic E-state index is 13.5. The first-order valence-electron chi connectivity index (χ1n) is 7.27. The number of halogens is 6. The fourth-order valence-corrected chi connectivity index (χ4v) is 2.05.